The molecule has 0 heterocycles. The summed E-state index contributed by atoms with van der Waals surface area (Å²) in [6.45, 7) is 2.83. The van der Waals surface area contributed by atoms with Crippen molar-refractivity contribution in [1.29, 1.82) is 0 Å². The molecule has 0 amide bonds. The maximum atomic E-state index is 10.1. The van der Waals surface area contributed by atoms with Crippen molar-refractivity contribution in [3.63, 3.8) is 0 Å². The Morgan fingerprint density at radius 1 is 1.42 bits per heavy atom. The molecule has 0 saturated carbocycles. The fourth-order valence-electron chi connectivity index (χ4n) is 1.80. The van der Waals surface area contributed by atoms with Crippen molar-refractivity contribution in [3.05, 3.63) is 27.7 Å². The van der Waals surface area contributed by atoms with Crippen LogP contribution >= 0.6 is 35.0 Å². The minimum absolute atomic E-state index is 0.487. The van der Waals surface area contributed by atoms with Crippen molar-refractivity contribution in [3.8, 4) is 5.75 Å². The molecular formula is C13H19Cl2NO2S. The Labute approximate surface area is 128 Å². The number of hydrogen-bond donors (Lipinski definition) is 2. The SMILES string of the molecule is COc1c(Cl)cc(Cl)cc1CNCC(C)(O)CSC. The lowest BCUT2D eigenvalue weighted by Gasteiger charge is -2.23. The molecule has 3 nitrogen and oxygen atoms in total. The van der Waals surface area contributed by atoms with Crippen LogP contribution in [0.5, 0.6) is 5.75 Å². The van der Waals surface area contributed by atoms with Crippen molar-refractivity contribution >= 4 is 35.0 Å². The highest BCUT2D eigenvalue weighted by atomic mass is 35.5. The van der Waals surface area contributed by atoms with E-state index in [1.165, 1.54) is 0 Å². The summed E-state index contributed by atoms with van der Waals surface area (Å²) in [7, 11) is 1.57. The van der Waals surface area contributed by atoms with Crippen LogP contribution in [0.1, 0.15) is 12.5 Å². The van der Waals surface area contributed by atoms with Crippen LogP contribution in [-0.4, -0.2) is 36.4 Å². The predicted octanol–water partition coefficient (Wildman–Crippen LogP) is 3.21. The van der Waals surface area contributed by atoms with Gasteiger partial charge in [-0.1, -0.05) is 23.2 Å². The Balaban J connectivity index is 2.67. The van der Waals surface area contributed by atoms with Crippen LogP contribution in [0.15, 0.2) is 12.1 Å². The number of halogens is 2. The summed E-state index contributed by atoms with van der Waals surface area (Å²) in [5.41, 5.74) is 0.134. The Morgan fingerprint density at radius 2 is 2.11 bits per heavy atom. The maximum Gasteiger partial charge on any atom is 0.142 e. The first kappa shape index (κ1) is 16.9. The molecule has 1 atom stereocenters. The summed E-state index contributed by atoms with van der Waals surface area (Å²) in [6, 6.07) is 3.46. The van der Waals surface area contributed by atoms with Crippen LogP contribution in [-0.2, 0) is 6.54 Å². The second kappa shape index (κ2) is 7.60. The molecule has 1 aromatic carbocycles. The normalized spacial score (nSPS) is 14.2. The van der Waals surface area contributed by atoms with Crippen molar-refractivity contribution in [2.75, 3.05) is 25.7 Å². The Kier molecular flexibility index (Phi) is 6.77. The first-order chi connectivity index (χ1) is 8.89. The Hall–Kier alpha value is -0.130. The molecule has 0 aliphatic carbocycles. The molecule has 1 unspecified atom stereocenters. The minimum atomic E-state index is -0.741. The molecule has 0 fully saturated rings. The zero-order valence-corrected chi connectivity index (χ0v) is 13.6. The zero-order chi connectivity index (χ0) is 14.5. The van der Waals surface area contributed by atoms with E-state index in [1.54, 1.807) is 31.9 Å². The number of ether oxygens (including phenoxy) is 1. The van der Waals surface area contributed by atoms with Crippen LogP contribution in [0.3, 0.4) is 0 Å². The fourth-order valence-corrected chi connectivity index (χ4v) is 3.14. The van der Waals surface area contributed by atoms with Gasteiger partial charge < -0.3 is 15.2 Å². The van der Waals surface area contributed by atoms with E-state index in [9.17, 15) is 5.11 Å². The number of aliphatic hydroxyl groups is 1. The lowest BCUT2D eigenvalue weighted by molar-refractivity contribution is 0.0845. The molecule has 0 aliphatic rings. The molecular weight excluding hydrogens is 305 g/mol. The van der Waals surface area contributed by atoms with Gasteiger partial charge >= 0.3 is 0 Å². The van der Waals surface area contributed by atoms with E-state index < -0.39 is 5.60 Å². The summed E-state index contributed by atoms with van der Waals surface area (Å²) in [5, 5.41) is 14.3. The first-order valence-electron chi connectivity index (χ1n) is 5.83. The molecule has 0 radical (unpaired) electrons. The highest BCUT2D eigenvalue weighted by molar-refractivity contribution is 7.98. The third kappa shape index (κ3) is 5.40. The number of thioether (sulfide) groups is 1. The van der Waals surface area contributed by atoms with Gasteiger partial charge in [-0.05, 0) is 25.3 Å². The first-order valence-corrected chi connectivity index (χ1v) is 7.98. The van der Waals surface area contributed by atoms with Crippen molar-refractivity contribution in [2.45, 2.75) is 19.1 Å². The number of nitrogens with one attached hydrogen (secondary N) is 1. The van der Waals surface area contributed by atoms with Crippen LogP contribution in [0.2, 0.25) is 10.0 Å². The van der Waals surface area contributed by atoms with Gasteiger partial charge in [0, 0.05) is 29.4 Å². The van der Waals surface area contributed by atoms with Gasteiger partial charge in [0.15, 0.2) is 0 Å². The Morgan fingerprint density at radius 3 is 2.68 bits per heavy atom. The molecule has 1 aromatic rings. The van der Waals surface area contributed by atoms with E-state index in [-0.39, 0.29) is 0 Å². The quantitative estimate of drug-likeness (QED) is 0.808. The standard InChI is InChI=1S/C13H19Cl2NO2S/c1-13(17,8-19-3)7-16-6-9-4-10(14)5-11(15)12(9)18-2/h4-5,16-17H,6-8H2,1-3H3. The largest absolute Gasteiger partial charge is 0.495 e. The van der Waals surface area contributed by atoms with Gasteiger partial charge in [0.05, 0.1) is 17.7 Å². The molecule has 0 aromatic heterocycles. The third-order valence-electron chi connectivity index (χ3n) is 2.57. The van der Waals surface area contributed by atoms with Crippen LogP contribution < -0.4 is 10.1 Å². The molecule has 108 valence electrons. The molecule has 0 spiro atoms. The number of methoxy groups -OCH3 is 1. The summed E-state index contributed by atoms with van der Waals surface area (Å²) in [5.74, 6) is 1.29. The minimum Gasteiger partial charge on any atom is -0.495 e. The molecule has 2 N–H and O–H groups in total. The van der Waals surface area contributed by atoms with Gasteiger partial charge in [0.2, 0.25) is 0 Å². The average molecular weight is 324 g/mol. The van der Waals surface area contributed by atoms with Gasteiger partial charge in [-0.2, -0.15) is 11.8 Å². The summed E-state index contributed by atoms with van der Waals surface area (Å²) in [4.78, 5) is 0. The smallest absolute Gasteiger partial charge is 0.142 e. The highest BCUT2D eigenvalue weighted by Gasteiger charge is 2.19. The van der Waals surface area contributed by atoms with Gasteiger partial charge in [-0.25, -0.2) is 0 Å². The maximum absolute atomic E-state index is 10.1. The molecule has 1 rings (SSSR count). The summed E-state index contributed by atoms with van der Waals surface area (Å²) < 4.78 is 5.26. The Bertz CT molecular complexity index is 427. The van der Waals surface area contributed by atoms with Crippen molar-refractivity contribution in [2.24, 2.45) is 0 Å². The monoisotopic (exact) mass is 323 g/mol. The summed E-state index contributed by atoms with van der Waals surface area (Å²) in [6.07, 6.45) is 1.97. The second-order valence-corrected chi connectivity index (χ2v) is 6.32. The van der Waals surface area contributed by atoms with Crippen LogP contribution in [0, 0.1) is 0 Å². The van der Waals surface area contributed by atoms with E-state index in [2.05, 4.69) is 5.32 Å². The van der Waals surface area contributed by atoms with E-state index in [0.717, 1.165) is 5.56 Å². The van der Waals surface area contributed by atoms with Gasteiger partial charge in [-0.15, -0.1) is 0 Å². The third-order valence-corrected chi connectivity index (χ3v) is 3.98. The highest BCUT2D eigenvalue weighted by Crippen LogP contribution is 2.32. The second-order valence-electron chi connectivity index (χ2n) is 4.61. The van der Waals surface area contributed by atoms with Crippen LogP contribution in [0.25, 0.3) is 0 Å². The molecule has 0 bridgehead atoms. The molecule has 0 aliphatic heterocycles. The van der Waals surface area contributed by atoms with Crippen molar-refractivity contribution in [1.82, 2.24) is 5.32 Å². The summed E-state index contributed by atoms with van der Waals surface area (Å²) >= 11 is 13.7. The lowest BCUT2D eigenvalue weighted by Crippen LogP contribution is -2.39. The van der Waals surface area contributed by atoms with Gasteiger partial charge in [0.25, 0.3) is 0 Å². The van der Waals surface area contributed by atoms with E-state index in [4.69, 9.17) is 27.9 Å². The molecule has 6 heteroatoms. The van der Waals surface area contributed by atoms with Crippen molar-refractivity contribution < 1.29 is 9.84 Å². The number of rotatable bonds is 7. The number of benzene rings is 1. The average Bonchev–Trinajstić information content (AvgIpc) is 2.28. The van der Waals surface area contributed by atoms with Gasteiger partial charge in [-0.3, -0.25) is 0 Å². The lowest BCUT2D eigenvalue weighted by atomic mass is 10.1. The van der Waals surface area contributed by atoms with E-state index >= 15 is 0 Å². The fraction of sp³-hybridized carbons (Fsp3) is 0.538. The predicted molar refractivity (Wildman–Crippen MR) is 83.7 cm³/mol. The zero-order valence-electron chi connectivity index (χ0n) is 11.3. The topological polar surface area (TPSA) is 41.5 Å². The molecule has 0 saturated heterocycles. The van der Waals surface area contributed by atoms with Crippen LogP contribution in [0.4, 0.5) is 0 Å². The van der Waals surface area contributed by atoms with E-state index in [0.29, 0.717) is 34.6 Å². The molecule has 19 heavy (non-hydrogen) atoms. The number of hydrogen-bond acceptors (Lipinski definition) is 4. The van der Waals surface area contributed by atoms with Gasteiger partial charge in [0.1, 0.15) is 5.75 Å². The van der Waals surface area contributed by atoms with E-state index in [1.807, 2.05) is 12.3 Å².